The SMILES string of the molecule is O=C1N(c2cccc3c2CCCC3)C(=O)[C@@]2(c3ccccc3)O[C@@]13CCCCCC[C@@H]32. The van der Waals surface area contributed by atoms with Gasteiger partial charge < -0.3 is 4.74 Å². The maximum atomic E-state index is 14.2. The number of fused-ring (bicyclic) bond motifs is 3. The van der Waals surface area contributed by atoms with Gasteiger partial charge in [0.15, 0.2) is 11.2 Å². The van der Waals surface area contributed by atoms with Crippen molar-refractivity contribution in [3.63, 3.8) is 0 Å². The van der Waals surface area contributed by atoms with Crippen LogP contribution in [0.15, 0.2) is 48.5 Å². The van der Waals surface area contributed by atoms with E-state index < -0.39 is 11.2 Å². The van der Waals surface area contributed by atoms with Gasteiger partial charge in [0.25, 0.3) is 11.8 Å². The van der Waals surface area contributed by atoms with Crippen LogP contribution in [-0.4, -0.2) is 17.4 Å². The first kappa shape index (κ1) is 19.2. The topological polar surface area (TPSA) is 46.6 Å². The number of hydrogen-bond donors (Lipinski definition) is 0. The largest absolute Gasteiger partial charge is 0.343 e. The number of carbonyl (C=O) groups excluding carboxylic acids is 2. The van der Waals surface area contributed by atoms with Crippen LogP contribution >= 0.6 is 0 Å². The smallest absolute Gasteiger partial charge is 0.271 e. The van der Waals surface area contributed by atoms with E-state index in [1.54, 1.807) is 0 Å². The van der Waals surface area contributed by atoms with Crippen LogP contribution in [0, 0.1) is 5.92 Å². The van der Waals surface area contributed by atoms with E-state index in [9.17, 15) is 9.59 Å². The fourth-order valence-corrected chi connectivity index (χ4v) is 6.65. The van der Waals surface area contributed by atoms with Crippen molar-refractivity contribution < 1.29 is 14.3 Å². The Morgan fingerprint density at radius 3 is 2.48 bits per heavy atom. The molecule has 2 aromatic rings. The average Bonchev–Trinajstić information content (AvgIpc) is 2.79. The summed E-state index contributed by atoms with van der Waals surface area (Å²) in [7, 11) is 0. The molecule has 0 unspecified atom stereocenters. The molecule has 160 valence electrons. The first-order chi connectivity index (χ1) is 15.2. The summed E-state index contributed by atoms with van der Waals surface area (Å²) < 4.78 is 6.56. The van der Waals surface area contributed by atoms with Crippen LogP contribution < -0.4 is 4.90 Å². The number of anilines is 1. The van der Waals surface area contributed by atoms with Crippen LogP contribution in [-0.2, 0) is 32.8 Å². The third-order valence-corrected chi connectivity index (χ3v) is 8.09. The van der Waals surface area contributed by atoms with Crippen molar-refractivity contribution in [1.29, 1.82) is 0 Å². The fourth-order valence-electron chi connectivity index (χ4n) is 6.65. The maximum Gasteiger partial charge on any atom is 0.271 e. The van der Waals surface area contributed by atoms with Crippen molar-refractivity contribution >= 4 is 17.5 Å². The highest BCUT2D eigenvalue weighted by molar-refractivity contribution is 6.25. The van der Waals surface area contributed by atoms with Crippen molar-refractivity contribution in [1.82, 2.24) is 0 Å². The minimum atomic E-state index is -1.04. The average molecular weight is 416 g/mol. The van der Waals surface area contributed by atoms with E-state index in [4.69, 9.17) is 4.74 Å². The lowest BCUT2D eigenvalue weighted by molar-refractivity contribution is -0.315. The summed E-state index contributed by atoms with van der Waals surface area (Å²) >= 11 is 0. The van der Waals surface area contributed by atoms with Crippen LogP contribution in [0.5, 0.6) is 0 Å². The number of imide groups is 1. The van der Waals surface area contributed by atoms with Crippen LogP contribution in [0.4, 0.5) is 5.69 Å². The normalized spacial score (nSPS) is 32.4. The molecular formula is C27H29NO3. The number of nitrogens with zero attached hydrogens (tertiary/aromatic N) is 1. The highest BCUT2D eigenvalue weighted by Crippen LogP contribution is 2.63. The van der Waals surface area contributed by atoms with Gasteiger partial charge in [-0.1, -0.05) is 68.1 Å². The van der Waals surface area contributed by atoms with E-state index in [0.29, 0.717) is 6.42 Å². The molecule has 3 saturated heterocycles. The van der Waals surface area contributed by atoms with Crippen LogP contribution in [0.3, 0.4) is 0 Å². The van der Waals surface area contributed by atoms with Crippen molar-refractivity contribution in [3.05, 3.63) is 65.2 Å². The molecule has 7 rings (SSSR count). The molecule has 5 aliphatic rings. The van der Waals surface area contributed by atoms with Gasteiger partial charge in [-0.2, -0.15) is 0 Å². The lowest BCUT2D eigenvalue weighted by Gasteiger charge is -2.66. The monoisotopic (exact) mass is 415 g/mol. The van der Waals surface area contributed by atoms with Crippen LogP contribution in [0.2, 0.25) is 0 Å². The Bertz CT molecular complexity index is 1050. The minimum Gasteiger partial charge on any atom is -0.343 e. The molecule has 1 spiro atoms. The highest BCUT2D eigenvalue weighted by Gasteiger charge is 2.78. The standard InChI is InChI=1S/C27H29NO3/c29-24-26-18-9-2-1-6-17-23(26)27(31-26,20-13-4-3-5-14-20)25(30)28(24)22-16-10-12-19-11-7-8-15-21(19)22/h3-5,10,12-14,16,23H,1-2,6-9,11,15,17-18H2/t23-,26+,27-/m0/s1. The number of amides is 2. The quantitative estimate of drug-likeness (QED) is 0.643. The van der Waals surface area contributed by atoms with Crippen molar-refractivity contribution in [2.24, 2.45) is 5.92 Å². The summed E-state index contributed by atoms with van der Waals surface area (Å²) in [6.45, 7) is 0. The molecule has 2 bridgehead atoms. The van der Waals surface area contributed by atoms with E-state index in [1.165, 1.54) is 22.4 Å². The molecule has 4 heteroatoms. The van der Waals surface area contributed by atoms with Gasteiger partial charge in [-0.15, -0.1) is 0 Å². The van der Waals surface area contributed by atoms with Gasteiger partial charge in [-0.25, -0.2) is 4.90 Å². The number of aryl methyl sites for hydroxylation is 1. The van der Waals surface area contributed by atoms with E-state index in [2.05, 4.69) is 6.07 Å². The molecule has 0 radical (unpaired) electrons. The summed E-state index contributed by atoms with van der Waals surface area (Å²) in [5.74, 6) is -0.380. The Morgan fingerprint density at radius 1 is 0.806 bits per heavy atom. The lowest BCUT2D eigenvalue weighted by Crippen LogP contribution is -2.82. The summed E-state index contributed by atoms with van der Waals surface area (Å²) in [4.78, 5) is 29.8. The third-order valence-electron chi connectivity index (χ3n) is 8.09. The van der Waals surface area contributed by atoms with Crippen molar-refractivity contribution in [2.45, 2.75) is 75.4 Å². The Kier molecular flexibility index (Phi) is 4.36. The van der Waals surface area contributed by atoms with E-state index in [1.807, 2.05) is 42.5 Å². The summed E-state index contributed by atoms with van der Waals surface area (Å²) in [5, 5.41) is 0. The zero-order chi connectivity index (χ0) is 21.1. The Hall–Kier alpha value is -2.46. The zero-order valence-corrected chi connectivity index (χ0v) is 17.9. The predicted molar refractivity (Wildman–Crippen MR) is 119 cm³/mol. The number of rotatable bonds is 2. The second kappa shape index (κ2) is 7.03. The summed E-state index contributed by atoms with van der Waals surface area (Å²) in [6, 6.07) is 16.0. The first-order valence-corrected chi connectivity index (χ1v) is 11.9. The maximum absolute atomic E-state index is 14.2. The van der Waals surface area contributed by atoms with Crippen molar-refractivity contribution in [2.75, 3.05) is 4.90 Å². The molecule has 4 fully saturated rings. The number of ether oxygens (including phenoxy) is 1. The number of morpholine rings is 1. The Morgan fingerprint density at radius 2 is 1.61 bits per heavy atom. The van der Waals surface area contributed by atoms with Gasteiger partial charge in [0.1, 0.15) is 0 Å². The fraction of sp³-hybridized carbons (Fsp3) is 0.481. The number of benzene rings is 2. The van der Waals surface area contributed by atoms with E-state index in [0.717, 1.165) is 62.6 Å². The molecule has 3 aliphatic heterocycles. The molecule has 3 heterocycles. The molecule has 3 atom stereocenters. The molecule has 0 aromatic heterocycles. The van der Waals surface area contributed by atoms with Gasteiger partial charge in [0.05, 0.1) is 5.69 Å². The first-order valence-electron chi connectivity index (χ1n) is 11.9. The molecule has 1 saturated carbocycles. The lowest BCUT2D eigenvalue weighted by atomic mass is 9.57. The minimum absolute atomic E-state index is 0.0708. The molecule has 0 N–H and O–H groups in total. The molecule has 2 amide bonds. The number of hydrogen-bond acceptors (Lipinski definition) is 3. The van der Waals surface area contributed by atoms with Gasteiger partial charge in [-0.05, 0) is 61.3 Å². The van der Waals surface area contributed by atoms with E-state index >= 15 is 0 Å². The predicted octanol–water partition coefficient (Wildman–Crippen LogP) is 5.07. The summed E-state index contributed by atoms with van der Waals surface area (Å²) in [5.41, 5.74) is 2.26. The van der Waals surface area contributed by atoms with Gasteiger partial charge >= 0.3 is 0 Å². The molecule has 2 aliphatic carbocycles. The van der Waals surface area contributed by atoms with Gasteiger partial charge in [0, 0.05) is 5.92 Å². The van der Waals surface area contributed by atoms with Gasteiger partial charge in [0.2, 0.25) is 0 Å². The van der Waals surface area contributed by atoms with Crippen molar-refractivity contribution in [3.8, 4) is 0 Å². The number of piperidine rings is 1. The Labute approximate surface area is 183 Å². The van der Waals surface area contributed by atoms with Crippen LogP contribution in [0.25, 0.3) is 0 Å². The molecular weight excluding hydrogens is 386 g/mol. The second-order valence-electron chi connectivity index (χ2n) is 9.67. The number of carbonyl (C=O) groups is 2. The molecule has 2 aromatic carbocycles. The molecule has 4 nitrogen and oxygen atoms in total. The third kappa shape index (κ3) is 2.51. The van der Waals surface area contributed by atoms with Gasteiger partial charge in [-0.3, -0.25) is 9.59 Å². The van der Waals surface area contributed by atoms with Crippen LogP contribution in [0.1, 0.15) is 68.1 Å². The Balaban J connectivity index is 1.53. The zero-order valence-electron chi connectivity index (χ0n) is 17.9. The molecule has 31 heavy (non-hydrogen) atoms. The second-order valence-corrected chi connectivity index (χ2v) is 9.67. The van der Waals surface area contributed by atoms with E-state index in [-0.39, 0.29) is 17.7 Å². The highest BCUT2D eigenvalue weighted by atomic mass is 16.6. The summed E-state index contributed by atoms with van der Waals surface area (Å²) in [6.07, 6.45) is 10.1.